The number of hydrogen-bond acceptors (Lipinski definition) is 14. The molecule has 3 saturated carbocycles. The zero-order chi connectivity index (χ0) is 37.7. The van der Waals surface area contributed by atoms with Crippen LogP contribution in [0.25, 0.3) is 0 Å². The van der Waals surface area contributed by atoms with Crippen molar-refractivity contribution in [3.63, 3.8) is 0 Å². The fraction of sp³-hybridized carbons (Fsp3) is 0.865. The minimum Gasteiger partial charge on any atom is -0.459 e. The first kappa shape index (κ1) is 41.1. The molecule has 2 N–H and O–H groups in total. The van der Waals surface area contributed by atoms with E-state index in [1.807, 2.05) is 67.2 Å². The topological polar surface area (TPSA) is 157 Å². The van der Waals surface area contributed by atoms with Crippen molar-refractivity contribution in [1.29, 1.82) is 0 Å². The third kappa shape index (κ3) is 13.7. The zero-order valence-electron chi connectivity index (χ0n) is 32.8. The van der Waals surface area contributed by atoms with E-state index in [2.05, 4.69) is 24.9 Å². The number of nitrogens with zero attached hydrogens (tertiary/aromatic N) is 6. The Morgan fingerprint density at radius 3 is 1.25 bits per heavy atom. The van der Waals surface area contributed by atoms with Crippen molar-refractivity contribution < 1.29 is 33.0 Å². The molecule has 0 radical (unpaired) electrons. The van der Waals surface area contributed by atoms with E-state index in [1.54, 1.807) is 0 Å². The summed E-state index contributed by atoms with van der Waals surface area (Å²) in [6, 6.07) is 0. The number of carbonyl (C=O) groups excluding carboxylic acids is 3. The lowest BCUT2D eigenvalue weighted by molar-refractivity contribution is -0.158. The van der Waals surface area contributed by atoms with Crippen LogP contribution >= 0.6 is 0 Å². The van der Waals surface area contributed by atoms with E-state index in [4.69, 9.17) is 24.4 Å². The van der Waals surface area contributed by atoms with Crippen molar-refractivity contribution in [2.75, 3.05) is 72.0 Å². The van der Waals surface area contributed by atoms with Gasteiger partial charge in [0.2, 0.25) is 11.8 Å². The second kappa shape index (κ2) is 16.6. The zero-order valence-corrected chi connectivity index (χ0v) is 32.8. The number of carbonyl (C=O) groups is 3. The van der Waals surface area contributed by atoms with Crippen molar-refractivity contribution in [2.45, 2.75) is 135 Å². The van der Waals surface area contributed by atoms with Gasteiger partial charge in [-0.2, -0.15) is 0 Å². The van der Waals surface area contributed by atoms with Gasteiger partial charge in [0.15, 0.2) is 0 Å². The van der Waals surface area contributed by atoms with Crippen LogP contribution in [-0.4, -0.2) is 142 Å². The third-order valence-corrected chi connectivity index (χ3v) is 9.83. The molecule has 2 bridgehead atoms. The van der Waals surface area contributed by atoms with Gasteiger partial charge in [0.1, 0.15) is 16.8 Å². The maximum atomic E-state index is 13.0. The van der Waals surface area contributed by atoms with Gasteiger partial charge in [-0.05, 0) is 101 Å². The number of aromatic nitrogens is 2. The maximum Gasteiger partial charge on any atom is 0.320 e. The first-order chi connectivity index (χ1) is 23.6. The molecule has 0 amide bonds. The highest BCUT2D eigenvalue weighted by Gasteiger charge is 2.50. The van der Waals surface area contributed by atoms with Gasteiger partial charge in [-0.15, -0.1) is 10.2 Å². The number of ether oxygens (including phenoxy) is 3. The van der Waals surface area contributed by atoms with E-state index in [-0.39, 0.29) is 48.5 Å². The minimum absolute atomic E-state index is 0.0485. The Hall–Kier alpha value is -2.65. The fourth-order valence-corrected chi connectivity index (χ4v) is 7.14. The highest BCUT2D eigenvalue weighted by atomic mass is 16.6. The van der Waals surface area contributed by atoms with Crippen LogP contribution in [0.5, 0.6) is 0 Å². The molecule has 0 unspecified atom stereocenters. The van der Waals surface area contributed by atoms with Crippen molar-refractivity contribution in [2.24, 2.45) is 5.73 Å². The molecule has 0 spiro atoms. The smallest absolute Gasteiger partial charge is 0.320 e. The molecular formula is C37H65N7O7. The van der Waals surface area contributed by atoms with Gasteiger partial charge in [-0.1, -0.05) is 0 Å². The molecule has 0 atom stereocenters. The first-order valence-electron chi connectivity index (χ1n) is 18.8. The van der Waals surface area contributed by atoms with Gasteiger partial charge >= 0.3 is 17.9 Å². The van der Waals surface area contributed by atoms with Crippen LogP contribution in [0, 0.1) is 0 Å². The average molecular weight is 720 g/mol. The summed E-state index contributed by atoms with van der Waals surface area (Å²) in [6.45, 7) is 21.9. The van der Waals surface area contributed by atoms with E-state index in [0.29, 0.717) is 64.8 Å². The van der Waals surface area contributed by atoms with Crippen LogP contribution < -0.4 is 5.73 Å². The molecule has 1 aromatic rings. The van der Waals surface area contributed by atoms with Crippen molar-refractivity contribution in [1.82, 2.24) is 29.8 Å². The molecule has 3 aliphatic carbocycles. The first-order valence-corrected chi connectivity index (χ1v) is 18.8. The van der Waals surface area contributed by atoms with Crippen molar-refractivity contribution in [3.05, 3.63) is 11.8 Å². The summed E-state index contributed by atoms with van der Waals surface area (Å²) in [5.74, 6) is 0.357. The Morgan fingerprint density at radius 1 is 0.588 bits per heavy atom. The predicted molar refractivity (Wildman–Crippen MR) is 193 cm³/mol. The summed E-state index contributed by atoms with van der Waals surface area (Å²) in [4.78, 5) is 47.4. The van der Waals surface area contributed by atoms with Gasteiger partial charge < -0.3 is 24.4 Å². The van der Waals surface area contributed by atoms with Crippen LogP contribution in [-0.2, 0) is 40.6 Å². The Kier molecular flexibility index (Phi) is 13.4. The Morgan fingerprint density at radius 2 is 0.922 bits per heavy atom. The maximum absolute atomic E-state index is 13.0. The lowest BCUT2D eigenvalue weighted by atomic mass is 9.57. The quantitative estimate of drug-likeness (QED) is 0.293. The van der Waals surface area contributed by atoms with Crippen LogP contribution in [0.4, 0.5) is 0 Å². The van der Waals surface area contributed by atoms with Crippen molar-refractivity contribution >= 4 is 17.9 Å². The molecule has 14 nitrogen and oxygen atoms in total. The molecule has 1 aromatic heterocycles. The van der Waals surface area contributed by atoms with Crippen LogP contribution in [0.3, 0.4) is 0 Å². The second-order valence-electron chi connectivity index (χ2n) is 18.0. The Labute approximate surface area is 305 Å². The largest absolute Gasteiger partial charge is 0.459 e. The van der Waals surface area contributed by atoms with Crippen LogP contribution in [0.1, 0.15) is 113 Å². The summed E-state index contributed by atoms with van der Waals surface area (Å²) < 4.78 is 23.4. The minimum atomic E-state index is -0.611. The third-order valence-electron chi connectivity index (χ3n) is 9.83. The standard InChI is InChI=1S/C37H65N7O7/c1-33(2,3)49-29(45)25-42-18-16-41(24-28-39-40-32(48-28)36-10-13-37(38,14-11-36)15-12-36)17-19-43(26-30(46)50-34(4,5)6)21-23-44(22-20-42)27-31(47)51-35(7,8)9/h10-27,38H2,1-9H3. The molecule has 4 aliphatic rings. The van der Waals surface area contributed by atoms with Crippen LogP contribution in [0.15, 0.2) is 4.42 Å². The Balaban J connectivity index is 1.53. The Bertz CT molecular complexity index is 1260. The highest BCUT2D eigenvalue weighted by Crippen LogP contribution is 2.52. The monoisotopic (exact) mass is 719 g/mol. The van der Waals surface area contributed by atoms with Crippen molar-refractivity contribution in [3.8, 4) is 0 Å². The van der Waals surface area contributed by atoms with E-state index in [1.165, 1.54) is 0 Å². The number of nitrogens with two attached hydrogens (primary N) is 1. The van der Waals surface area contributed by atoms with E-state index < -0.39 is 16.8 Å². The molecule has 1 saturated heterocycles. The predicted octanol–water partition coefficient (Wildman–Crippen LogP) is 3.12. The summed E-state index contributed by atoms with van der Waals surface area (Å²) in [6.07, 6.45) is 5.85. The molecular weight excluding hydrogens is 654 g/mol. The molecule has 0 aromatic carbocycles. The lowest BCUT2D eigenvalue weighted by Crippen LogP contribution is -2.53. The number of fused-ring (bicyclic) bond motifs is 3. The summed E-state index contributed by atoms with van der Waals surface area (Å²) >= 11 is 0. The average Bonchev–Trinajstić information content (AvgIpc) is 3.45. The van der Waals surface area contributed by atoms with E-state index >= 15 is 0 Å². The molecule has 51 heavy (non-hydrogen) atoms. The van der Waals surface area contributed by atoms with Gasteiger partial charge in [-0.3, -0.25) is 34.0 Å². The van der Waals surface area contributed by atoms with E-state index in [0.717, 1.165) is 44.4 Å². The number of hydrogen-bond donors (Lipinski definition) is 1. The normalized spacial score (nSPS) is 25.5. The van der Waals surface area contributed by atoms with Gasteiger partial charge in [0.25, 0.3) is 0 Å². The SMILES string of the molecule is CC(C)(C)OC(=O)CN1CCN(CC(=O)OC(C)(C)C)CCN(Cc2nnc(C34CCC(N)(CC3)CC4)o2)CCN(CC(=O)OC(C)(C)C)CC1. The summed E-state index contributed by atoms with van der Waals surface area (Å²) in [7, 11) is 0. The highest BCUT2D eigenvalue weighted by molar-refractivity contribution is 5.73. The molecule has 14 heteroatoms. The summed E-state index contributed by atoms with van der Waals surface area (Å²) in [5.41, 5.74) is 4.61. The fourth-order valence-electron chi connectivity index (χ4n) is 7.14. The lowest BCUT2D eigenvalue weighted by Gasteiger charge is -2.49. The molecule has 5 rings (SSSR count). The van der Waals surface area contributed by atoms with Gasteiger partial charge in [0.05, 0.1) is 26.2 Å². The van der Waals surface area contributed by atoms with Gasteiger partial charge in [0, 0.05) is 63.3 Å². The summed E-state index contributed by atoms with van der Waals surface area (Å²) in [5, 5.41) is 9.06. The van der Waals surface area contributed by atoms with Gasteiger partial charge in [-0.25, -0.2) is 0 Å². The molecule has 4 fully saturated rings. The number of esters is 3. The second-order valence-corrected chi connectivity index (χ2v) is 18.0. The van der Waals surface area contributed by atoms with Crippen LogP contribution in [0.2, 0.25) is 0 Å². The molecule has 1 aliphatic heterocycles. The molecule has 2 heterocycles. The molecule has 290 valence electrons. The number of rotatable bonds is 9. The van der Waals surface area contributed by atoms with E-state index in [9.17, 15) is 14.4 Å².